The Bertz CT molecular complexity index is 831. The summed E-state index contributed by atoms with van der Waals surface area (Å²) in [5.41, 5.74) is 2.50. The molecule has 1 N–H and O–H groups in total. The lowest BCUT2D eigenvalue weighted by atomic mass is 9.86. The van der Waals surface area contributed by atoms with Gasteiger partial charge in [0.15, 0.2) is 0 Å². The molecule has 0 radical (unpaired) electrons. The Balaban J connectivity index is 1.65. The minimum atomic E-state index is -0.145. The first-order valence-corrected chi connectivity index (χ1v) is 8.49. The molecule has 1 aliphatic carbocycles. The predicted molar refractivity (Wildman–Crippen MR) is 92.2 cm³/mol. The molecule has 132 valence electrons. The molecule has 25 heavy (non-hydrogen) atoms. The van der Waals surface area contributed by atoms with Crippen molar-refractivity contribution < 1.29 is 9.53 Å². The molecular weight excluding hydrogens is 320 g/mol. The van der Waals surface area contributed by atoms with Gasteiger partial charge in [0.2, 0.25) is 11.8 Å². The summed E-state index contributed by atoms with van der Waals surface area (Å²) in [4.78, 5) is 28.5. The number of fused-ring (bicyclic) bond motifs is 1. The van der Waals surface area contributed by atoms with E-state index in [0.29, 0.717) is 31.9 Å². The zero-order valence-corrected chi connectivity index (χ0v) is 14.5. The van der Waals surface area contributed by atoms with Crippen LogP contribution in [0.3, 0.4) is 0 Å². The third kappa shape index (κ3) is 3.87. The number of hydrogen-bond donors (Lipinski definition) is 1. The van der Waals surface area contributed by atoms with Crippen LogP contribution in [0.5, 0.6) is 5.88 Å². The summed E-state index contributed by atoms with van der Waals surface area (Å²) in [5, 5.41) is 7.24. The zero-order valence-electron chi connectivity index (χ0n) is 14.5. The van der Waals surface area contributed by atoms with Crippen LogP contribution in [0.25, 0.3) is 0 Å². The molecule has 0 aliphatic heterocycles. The second-order valence-electron chi connectivity index (χ2n) is 6.14. The maximum atomic E-state index is 12.5. The number of carbonyl (C=O) groups is 1. The Labute approximate surface area is 146 Å². The molecule has 1 amide bonds. The summed E-state index contributed by atoms with van der Waals surface area (Å²) in [6.07, 6.45) is 3.66. The Morgan fingerprint density at radius 3 is 3.12 bits per heavy atom. The molecule has 0 spiro atoms. The minimum absolute atomic E-state index is 0.0161. The number of nitrogens with one attached hydrogen (secondary N) is 1. The zero-order chi connectivity index (χ0) is 17.8. The molecule has 1 aliphatic rings. The fourth-order valence-corrected chi connectivity index (χ4v) is 3.06. The van der Waals surface area contributed by atoms with Crippen molar-refractivity contribution in [3.8, 4) is 5.88 Å². The highest BCUT2D eigenvalue weighted by Gasteiger charge is 2.26. The van der Waals surface area contributed by atoms with E-state index in [1.165, 1.54) is 4.68 Å². The predicted octanol–water partition coefficient (Wildman–Crippen LogP) is 0.995. The van der Waals surface area contributed by atoms with Gasteiger partial charge < -0.3 is 10.1 Å². The number of rotatable bonds is 5. The molecule has 0 saturated heterocycles. The molecule has 1 unspecified atom stereocenters. The number of hydrogen-bond acceptors (Lipinski definition) is 5. The Kier molecular flexibility index (Phi) is 5.11. The van der Waals surface area contributed by atoms with Gasteiger partial charge in [-0.3, -0.25) is 9.59 Å². The fourth-order valence-electron chi connectivity index (χ4n) is 3.06. The molecule has 0 fully saturated rings. The first kappa shape index (κ1) is 17.1. The van der Waals surface area contributed by atoms with E-state index in [4.69, 9.17) is 4.74 Å². The van der Waals surface area contributed by atoms with Gasteiger partial charge in [-0.2, -0.15) is 5.10 Å². The largest absolute Gasteiger partial charge is 0.478 e. The molecule has 2 aromatic heterocycles. The molecule has 0 saturated carbocycles. The molecule has 2 heterocycles. The molecule has 7 nitrogen and oxygen atoms in total. The van der Waals surface area contributed by atoms with Crippen molar-refractivity contribution >= 4 is 5.91 Å². The SMILES string of the molecule is CCOc1ncccc1CNC(=O)C1CCc2nn(C)c(=O)cc2C1. The van der Waals surface area contributed by atoms with Gasteiger partial charge >= 0.3 is 0 Å². The summed E-state index contributed by atoms with van der Waals surface area (Å²) in [5.74, 6) is 0.387. The van der Waals surface area contributed by atoms with Crippen molar-refractivity contribution in [2.45, 2.75) is 32.7 Å². The van der Waals surface area contributed by atoms with Crippen molar-refractivity contribution in [3.05, 3.63) is 51.6 Å². The average molecular weight is 342 g/mol. The van der Waals surface area contributed by atoms with Crippen LogP contribution >= 0.6 is 0 Å². The minimum Gasteiger partial charge on any atom is -0.478 e. The number of nitrogens with zero attached hydrogens (tertiary/aromatic N) is 3. The maximum Gasteiger partial charge on any atom is 0.266 e. The average Bonchev–Trinajstić information content (AvgIpc) is 2.61. The quantitative estimate of drug-likeness (QED) is 0.876. The van der Waals surface area contributed by atoms with Crippen LogP contribution in [-0.2, 0) is 31.2 Å². The number of ether oxygens (including phenoxy) is 1. The Morgan fingerprint density at radius 2 is 2.32 bits per heavy atom. The lowest BCUT2D eigenvalue weighted by Crippen LogP contribution is -2.35. The highest BCUT2D eigenvalue weighted by atomic mass is 16.5. The normalized spacial score (nSPS) is 16.2. The Morgan fingerprint density at radius 1 is 1.48 bits per heavy atom. The highest BCUT2D eigenvalue weighted by molar-refractivity contribution is 5.79. The lowest BCUT2D eigenvalue weighted by molar-refractivity contribution is -0.125. The number of aryl methyl sites for hydroxylation is 2. The third-order valence-corrected chi connectivity index (χ3v) is 4.41. The van der Waals surface area contributed by atoms with Crippen LogP contribution in [0.2, 0.25) is 0 Å². The molecule has 2 aromatic rings. The number of aromatic nitrogens is 3. The van der Waals surface area contributed by atoms with Gasteiger partial charge in [-0.15, -0.1) is 0 Å². The van der Waals surface area contributed by atoms with E-state index in [-0.39, 0.29) is 17.4 Å². The van der Waals surface area contributed by atoms with E-state index in [9.17, 15) is 9.59 Å². The van der Waals surface area contributed by atoms with E-state index >= 15 is 0 Å². The first-order valence-electron chi connectivity index (χ1n) is 8.49. The summed E-state index contributed by atoms with van der Waals surface area (Å²) in [7, 11) is 1.64. The van der Waals surface area contributed by atoms with Crippen LogP contribution < -0.4 is 15.6 Å². The molecule has 3 rings (SSSR count). The van der Waals surface area contributed by atoms with Crippen LogP contribution in [-0.4, -0.2) is 27.3 Å². The van der Waals surface area contributed by atoms with Crippen molar-refractivity contribution in [2.24, 2.45) is 13.0 Å². The second kappa shape index (κ2) is 7.46. The van der Waals surface area contributed by atoms with E-state index in [1.54, 1.807) is 19.3 Å². The van der Waals surface area contributed by atoms with Gasteiger partial charge in [0.25, 0.3) is 5.56 Å². The van der Waals surface area contributed by atoms with Gasteiger partial charge in [-0.25, -0.2) is 9.67 Å². The van der Waals surface area contributed by atoms with Gasteiger partial charge in [0, 0.05) is 37.3 Å². The lowest BCUT2D eigenvalue weighted by Gasteiger charge is -2.23. The number of carbonyl (C=O) groups excluding carboxylic acids is 1. The van der Waals surface area contributed by atoms with E-state index in [2.05, 4.69) is 15.4 Å². The van der Waals surface area contributed by atoms with Gasteiger partial charge in [0.05, 0.1) is 12.3 Å². The number of pyridine rings is 1. The van der Waals surface area contributed by atoms with Crippen LogP contribution in [0.4, 0.5) is 0 Å². The standard InChI is InChI=1S/C18H22N4O3/c1-3-25-18-13(5-4-8-19-18)11-20-17(24)12-6-7-15-14(9-12)10-16(23)22(2)21-15/h4-5,8,10,12H,3,6-7,9,11H2,1-2H3,(H,20,24). The summed E-state index contributed by atoms with van der Waals surface area (Å²) >= 11 is 0. The van der Waals surface area contributed by atoms with Crippen LogP contribution in [0.1, 0.15) is 30.2 Å². The van der Waals surface area contributed by atoms with Gasteiger partial charge in [0.1, 0.15) is 0 Å². The molecule has 0 bridgehead atoms. The van der Waals surface area contributed by atoms with E-state index < -0.39 is 0 Å². The molecular formula is C18H22N4O3. The molecule has 7 heteroatoms. The smallest absolute Gasteiger partial charge is 0.266 e. The fraction of sp³-hybridized carbons (Fsp3) is 0.444. The second-order valence-corrected chi connectivity index (χ2v) is 6.14. The monoisotopic (exact) mass is 342 g/mol. The van der Waals surface area contributed by atoms with Crippen molar-refractivity contribution in [1.29, 1.82) is 0 Å². The third-order valence-electron chi connectivity index (χ3n) is 4.41. The van der Waals surface area contributed by atoms with Crippen molar-refractivity contribution in [1.82, 2.24) is 20.1 Å². The molecule has 0 aromatic carbocycles. The van der Waals surface area contributed by atoms with Gasteiger partial charge in [-0.05, 0) is 37.8 Å². The summed E-state index contributed by atoms with van der Waals surface area (Å²) in [6.45, 7) is 2.80. The van der Waals surface area contributed by atoms with Crippen LogP contribution in [0, 0.1) is 5.92 Å². The van der Waals surface area contributed by atoms with E-state index in [1.807, 2.05) is 19.1 Å². The van der Waals surface area contributed by atoms with Crippen LogP contribution in [0.15, 0.2) is 29.2 Å². The topological polar surface area (TPSA) is 86.1 Å². The van der Waals surface area contributed by atoms with Crippen molar-refractivity contribution in [2.75, 3.05) is 6.61 Å². The van der Waals surface area contributed by atoms with Gasteiger partial charge in [-0.1, -0.05) is 6.07 Å². The highest BCUT2D eigenvalue weighted by Crippen LogP contribution is 2.23. The summed E-state index contributed by atoms with van der Waals surface area (Å²) < 4.78 is 6.82. The summed E-state index contributed by atoms with van der Waals surface area (Å²) in [6, 6.07) is 5.31. The number of amides is 1. The van der Waals surface area contributed by atoms with Crippen molar-refractivity contribution in [3.63, 3.8) is 0 Å². The maximum absolute atomic E-state index is 12.5. The van der Waals surface area contributed by atoms with E-state index in [0.717, 1.165) is 23.2 Å². The Hall–Kier alpha value is -2.70. The molecule has 1 atom stereocenters. The first-order chi connectivity index (χ1) is 12.1.